The van der Waals surface area contributed by atoms with Crippen molar-refractivity contribution in [3.63, 3.8) is 0 Å². The van der Waals surface area contributed by atoms with E-state index in [0.717, 1.165) is 4.90 Å². The Morgan fingerprint density at radius 2 is 1.39 bits per heavy atom. The van der Waals surface area contributed by atoms with E-state index in [2.05, 4.69) is 5.32 Å². The Morgan fingerprint density at radius 1 is 0.774 bits per heavy atom. The fourth-order valence-electron chi connectivity index (χ4n) is 3.45. The summed E-state index contributed by atoms with van der Waals surface area (Å²) in [5, 5.41) is 3.62. The van der Waals surface area contributed by atoms with Crippen molar-refractivity contribution in [1.29, 1.82) is 0 Å². The number of methoxy groups -OCH3 is 2. The van der Waals surface area contributed by atoms with Crippen LogP contribution in [0.5, 0.6) is 11.5 Å². The van der Waals surface area contributed by atoms with Crippen molar-refractivity contribution in [3.8, 4) is 11.5 Å². The fourth-order valence-corrected chi connectivity index (χ4v) is 3.58. The average Bonchev–Trinajstić information content (AvgIpc) is 3.04. The Balaban J connectivity index is 1.88. The molecule has 0 saturated carbocycles. The van der Waals surface area contributed by atoms with Gasteiger partial charge in [-0.25, -0.2) is 4.90 Å². The van der Waals surface area contributed by atoms with Gasteiger partial charge >= 0.3 is 0 Å². The van der Waals surface area contributed by atoms with Gasteiger partial charge in [-0.2, -0.15) is 0 Å². The number of imide groups is 1. The van der Waals surface area contributed by atoms with Gasteiger partial charge in [-0.15, -0.1) is 0 Å². The minimum atomic E-state index is -0.487. The molecule has 4 rings (SSSR count). The van der Waals surface area contributed by atoms with Crippen molar-refractivity contribution in [2.75, 3.05) is 24.4 Å². The largest absolute Gasteiger partial charge is 0.496 e. The molecule has 0 unspecified atom stereocenters. The Bertz CT molecular complexity index is 1190. The first-order chi connectivity index (χ1) is 15.0. The maximum atomic E-state index is 13.5. The molecule has 3 aromatic rings. The number of hydrogen-bond acceptors (Lipinski definition) is 5. The van der Waals surface area contributed by atoms with Gasteiger partial charge in [0.2, 0.25) is 0 Å². The topological polar surface area (TPSA) is 67.9 Å². The maximum absolute atomic E-state index is 13.5. The highest BCUT2D eigenvalue weighted by Crippen LogP contribution is 2.38. The highest BCUT2D eigenvalue weighted by Gasteiger charge is 2.41. The Kier molecular flexibility index (Phi) is 5.64. The minimum Gasteiger partial charge on any atom is -0.496 e. The van der Waals surface area contributed by atoms with Crippen LogP contribution in [0.25, 0.3) is 5.57 Å². The summed E-state index contributed by atoms with van der Waals surface area (Å²) in [6, 6.07) is 20.8. The van der Waals surface area contributed by atoms with Crippen molar-refractivity contribution < 1.29 is 19.1 Å². The van der Waals surface area contributed by atoms with Crippen LogP contribution in [0, 0.1) is 0 Å². The second kappa shape index (κ2) is 8.53. The lowest BCUT2D eigenvalue weighted by Gasteiger charge is -2.16. The molecule has 0 atom stereocenters. The van der Waals surface area contributed by atoms with E-state index in [4.69, 9.17) is 21.1 Å². The predicted octanol–water partition coefficient (Wildman–Crippen LogP) is 4.75. The molecular weight excluding hydrogens is 416 g/mol. The molecule has 7 heteroatoms. The average molecular weight is 435 g/mol. The van der Waals surface area contributed by atoms with E-state index in [1.807, 2.05) is 12.1 Å². The summed E-state index contributed by atoms with van der Waals surface area (Å²) in [7, 11) is 3.06. The molecule has 0 fully saturated rings. The number of rotatable bonds is 6. The summed E-state index contributed by atoms with van der Waals surface area (Å²) in [6.45, 7) is 0. The van der Waals surface area contributed by atoms with E-state index in [1.54, 1.807) is 60.7 Å². The molecule has 3 aromatic carbocycles. The van der Waals surface area contributed by atoms with Crippen LogP contribution in [0.4, 0.5) is 11.4 Å². The summed E-state index contributed by atoms with van der Waals surface area (Å²) in [5.41, 5.74) is 1.84. The summed E-state index contributed by atoms with van der Waals surface area (Å²) < 4.78 is 10.8. The zero-order chi connectivity index (χ0) is 22.0. The molecule has 31 heavy (non-hydrogen) atoms. The van der Waals surface area contributed by atoms with Crippen LogP contribution in [-0.4, -0.2) is 26.0 Å². The number of hydrogen-bond donors (Lipinski definition) is 1. The molecular formula is C24H19ClN2O4. The monoisotopic (exact) mass is 434 g/mol. The molecule has 1 aliphatic heterocycles. The van der Waals surface area contributed by atoms with Gasteiger partial charge in [-0.1, -0.05) is 41.9 Å². The Hall–Kier alpha value is -3.77. The van der Waals surface area contributed by atoms with Gasteiger partial charge in [0.05, 0.1) is 31.2 Å². The molecule has 0 bridgehead atoms. The maximum Gasteiger partial charge on any atom is 0.282 e. The first-order valence-corrected chi connectivity index (χ1v) is 9.85. The second-order valence-corrected chi connectivity index (χ2v) is 7.13. The smallest absolute Gasteiger partial charge is 0.282 e. The lowest BCUT2D eigenvalue weighted by atomic mass is 10.0. The highest BCUT2D eigenvalue weighted by atomic mass is 35.5. The molecule has 0 radical (unpaired) electrons. The molecule has 1 aliphatic rings. The molecule has 1 N–H and O–H groups in total. The quantitative estimate of drug-likeness (QED) is 0.567. The van der Waals surface area contributed by atoms with Crippen LogP contribution >= 0.6 is 11.6 Å². The molecule has 0 aromatic heterocycles. The number of para-hydroxylation sites is 3. The third-order valence-corrected chi connectivity index (χ3v) is 5.16. The number of halogens is 1. The van der Waals surface area contributed by atoms with Gasteiger partial charge in [-0.3, -0.25) is 9.59 Å². The van der Waals surface area contributed by atoms with Gasteiger partial charge in [0.15, 0.2) is 0 Å². The van der Waals surface area contributed by atoms with Gasteiger partial charge < -0.3 is 14.8 Å². The van der Waals surface area contributed by atoms with Crippen molar-refractivity contribution in [3.05, 3.63) is 89.1 Å². The van der Waals surface area contributed by atoms with Gasteiger partial charge in [0, 0.05) is 10.6 Å². The molecule has 2 amide bonds. The molecule has 0 aliphatic carbocycles. The third-order valence-electron chi connectivity index (χ3n) is 4.91. The molecule has 0 spiro atoms. The summed E-state index contributed by atoms with van der Waals surface area (Å²) in [6.07, 6.45) is 0. The van der Waals surface area contributed by atoms with E-state index >= 15 is 0 Å². The molecule has 1 heterocycles. The first-order valence-electron chi connectivity index (χ1n) is 9.47. The van der Waals surface area contributed by atoms with E-state index < -0.39 is 11.8 Å². The Labute approximate surface area is 184 Å². The number of anilines is 2. The van der Waals surface area contributed by atoms with Crippen LogP contribution < -0.4 is 19.7 Å². The van der Waals surface area contributed by atoms with E-state index in [0.29, 0.717) is 33.5 Å². The van der Waals surface area contributed by atoms with Gasteiger partial charge in [-0.05, 0) is 42.5 Å². The minimum absolute atomic E-state index is 0.133. The number of ether oxygens (including phenoxy) is 2. The number of carbonyl (C=O) groups excluding carboxylic acids is 2. The van der Waals surface area contributed by atoms with E-state index in [-0.39, 0.29) is 11.3 Å². The summed E-state index contributed by atoms with van der Waals surface area (Å²) >= 11 is 5.98. The van der Waals surface area contributed by atoms with Gasteiger partial charge in [0.25, 0.3) is 11.8 Å². The van der Waals surface area contributed by atoms with Crippen molar-refractivity contribution >= 4 is 40.4 Å². The number of nitrogens with zero attached hydrogens (tertiary/aromatic N) is 1. The number of carbonyl (C=O) groups is 2. The first kappa shape index (κ1) is 20.5. The van der Waals surface area contributed by atoms with E-state index in [9.17, 15) is 9.59 Å². The predicted molar refractivity (Wildman–Crippen MR) is 120 cm³/mol. The van der Waals surface area contributed by atoms with Crippen molar-refractivity contribution in [2.24, 2.45) is 0 Å². The molecule has 156 valence electrons. The Morgan fingerprint density at radius 3 is 2.06 bits per heavy atom. The molecule has 6 nitrogen and oxygen atoms in total. The normalized spacial score (nSPS) is 13.6. The molecule has 0 saturated heterocycles. The van der Waals surface area contributed by atoms with E-state index in [1.165, 1.54) is 14.2 Å². The van der Waals surface area contributed by atoms with Crippen LogP contribution in [0.3, 0.4) is 0 Å². The second-order valence-electron chi connectivity index (χ2n) is 6.70. The van der Waals surface area contributed by atoms with Crippen molar-refractivity contribution in [2.45, 2.75) is 0 Å². The van der Waals surface area contributed by atoms with Crippen LogP contribution in [0.2, 0.25) is 5.02 Å². The van der Waals surface area contributed by atoms with Gasteiger partial charge in [0.1, 0.15) is 17.2 Å². The SMILES string of the molecule is COc1ccccc1NC1=C(c2ccccc2OC)C(=O)N(c2ccc(Cl)cc2)C1=O. The summed E-state index contributed by atoms with van der Waals surface area (Å²) in [4.78, 5) is 28.1. The lowest BCUT2D eigenvalue weighted by Crippen LogP contribution is -2.32. The van der Waals surface area contributed by atoms with Crippen LogP contribution in [0.15, 0.2) is 78.5 Å². The van der Waals surface area contributed by atoms with Crippen LogP contribution in [-0.2, 0) is 9.59 Å². The number of benzene rings is 3. The fraction of sp³-hybridized carbons (Fsp3) is 0.0833. The lowest BCUT2D eigenvalue weighted by molar-refractivity contribution is -0.120. The number of amides is 2. The third kappa shape index (κ3) is 3.73. The highest BCUT2D eigenvalue weighted by molar-refractivity contribution is 6.46. The zero-order valence-electron chi connectivity index (χ0n) is 16.9. The van der Waals surface area contributed by atoms with Crippen LogP contribution in [0.1, 0.15) is 5.56 Å². The number of nitrogens with one attached hydrogen (secondary N) is 1. The standard InChI is InChI=1S/C24H19ClN2O4/c1-30-19-9-5-3-7-17(19)21-22(26-18-8-4-6-10-20(18)31-2)24(29)27(23(21)28)16-13-11-15(25)12-14-16/h3-14,26H,1-2H3. The zero-order valence-corrected chi connectivity index (χ0v) is 17.6. The van der Waals surface area contributed by atoms with Crippen molar-refractivity contribution in [1.82, 2.24) is 0 Å². The summed E-state index contributed by atoms with van der Waals surface area (Å²) in [5.74, 6) is 0.0730.